The number of benzene rings is 2. The smallest absolute Gasteiger partial charge is 0.252 e. The standard InChI is InChI=1S/C20H18F2N2O3S2/c1-3-9-24-19-16(22)11-14(21)12-17(19)28-20(24)23-18(25)10-13-5-7-15(8-6-13)29(26,27)4-2/h3,5-8,11-12H,1,4,9-10H2,2H3. The summed E-state index contributed by atoms with van der Waals surface area (Å²) in [5.74, 6) is -1.93. The summed E-state index contributed by atoms with van der Waals surface area (Å²) in [4.78, 5) is 16.9. The van der Waals surface area contributed by atoms with E-state index in [9.17, 15) is 22.0 Å². The molecule has 29 heavy (non-hydrogen) atoms. The fourth-order valence-corrected chi connectivity index (χ4v) is 4.80. The number of sulfone groups is 1. The number of hydrogen-bond acceptors (Lipinski definition) is 4. The zero-order valence-electron chi connectivity index (χ0n) is 15.6. The van der Waals surface area contributed by atoms with Crippen LogP contribution in [0.2, 0.25) is 0 Å². The summed E-state index contributed by atoms with van der Waals surface area (Å²) in [6, 6.07) is 8.01. The van der Waals surface area contributed by atoms with Crippen LogP contribution in [0.15, 0.2) is 58.9 Å². The first-order chi connectivity index (χ1) is 13.7. The van der Waals surface area contributed by atoms with Crippen molar-refractivity contribution >= 4 is 37.3 Å². The van der Waals surface area contributed by atoms with Crippen molar-refractivity contribution in [3.8, 4) is 0 Å². The molecule has 1 aromatic heterocycles. The number of aromatic nitrogens is 1. The van der Waals surface area contributed by atoms with Gasteiger partial charge in [0.1, 0.15) is 5.82 Å². The number of nitrogens with zero attached hydrogens (tertiary/aromatic N) is 2. The van der Waals surface area contributed by atoms with Crippen molar-refractivity contribution in [2.75, 3.05) is 5.75 Å². The molecule has 1 amide bonds. The van der Waals surface area contributed by atoms with E-state index in [1.54, 1.807) is 19.1 Å². The van der Waals surface area contributed by atoms with Gasteiger partial charge in [0.05, 0.1) is 27.3 Å². The van der Waals surface area contributed by atoms with E-state index in [0.717, 1.165) is 17.4 Å². The number of halogens is 2. The molecule has 0 unspecified atom stereocenters. The third-order valence-electron chi connectivity index (χ3n) is 4.25. The lowest BCUT2D eigenvalue weighted by Crippen LogP contribution is -2.17. The van der Waals surface area contributed by atoms with Gasteiger partial charge < -0.3 is 4.57 Å². The van der Waals surface area contributed by atoms with E-state index in [-0.39, 0.29) is 33.9 Å². The van der Waals surface area contributed by atoms with E-state index in [0.29, 0.717) is 10.3 Å². The minimum atomic E-state index is -3.31. The number of fused-ring (bicyclic) bond motifs is 1. The molecule has 1 heterocycles. The second-order valence-corrected chi connectivity index (χ2v) is 9.54. The first-order valence-electron chi connectivity index (χ1n) is 8.73. The van der Waals surface area contributed by atoms with E-state index >= 15 is 0 Å². The fourth-order valence-electron chi connectivity index (χ4n) is 2.81. The van der Waals surface area contributed by atoms with Crippen LogP contribution in [0.1, 0.15) is 12.5 Å². The van der Waals surface area contributed by atoms with Crippen molar-refractivity contribution in [3.05, 3.63) is 71.1 Å². The topological polar surface area (TPSA) is 68.5 Å². The monoisotopic (exact) mass is 436 g/mol. The minimum Gasteiger partial charge on any atom is -0.310 e. The molecule has 152 valence electrons. The number of hydrogen-bond donors (Lipinski definition) is 0. The summed E-state index contributed by atoms with van der Waals surface area (Å²) in [5.41, 5.74) is 0.763. The maximum Gasteiger partial charge on any atom is 0.252 e. The molecule has 0 spiro atoms. The van der Waals surface area contributed by atoms with Gasteiger partial charge in [0, 0.05) is 12.6 Å². The third kappa shape index (κ3) is 4.51. The van der Waals surface area contributed by atoms with Crippen LogP contribution in [0.25, 0.3) is 10.2 Å². The lowest BCUT2D eigenvalue weighted by Gasteiger charge is -2.03. The van der Waals surface area contributed by atoms with Crippen molar-refractivity contribution in [1.82, 2.24) is 4.57 Å². The largest absolute Gasteiger partial charge is 0.310 e. The van der Waals surface area contributed by atoms with Crippen LogP contribution in [0.4, 0.5) is 8.78 Å². The van der Waals surface area contributed by atoms with E-state index < -0.39 is 27.4 Å². The van der Waals surface area contributed by atoms with Crippen molar-refractivity contribution in [2.45, 2.75) is 24.8 Å². The highest BCUT2D eigenvalue weighted by molar-refractivity contribution is 7.91. The van der Waals surface area contributed by atoms with E-state index in [1.807, 2.05) is 0 Å². The van der Waals surface area contributed by atoms with Gasteiger partial charge in [-0.2, -0.15) is 4.99 Å². The van der Waals surface area contributed by atoms with Gasteiger partial charge in [0.25, 0.3) is 5.91 Å². The lowest BCUT2D eigenvalue weighted by atomic mass is 10.1. The number of thiazole rings is 1. The van der Waals surface area contributed by atoms with Crippen molar-refractivity contribution in [2.24, 2.45) is 4.99 Å². The van der Waals surface area contributed by atoms with Gasteiger partial charge in [-0.25, -0.2) is 17.2 Å². The summed E-state index contributed by atoms with van der Waals surface area (Å²) in [7, 11) is -3.31. The van der Waals surface area contributed by atoms with Crippen LogP contribution >= 0.6 is 11.3 Å². The molecule has 0 saturated heterocycles. The Labute approximate surface area is 170 Å². The molecule has 0 saturated carbocycles. The average Bonchev–Trinajstić information content (AvgIpc) is 2.99. The molecule has 0 fully saturated rings. The van der Waals surface area contributed by atoms with Gasteiger partial charge in [0.2, 0.25) is 0 Å². The number of rotatable bonds is 6. The van der Waals surface area contributed by atoms with Gasteiger partial charge in [-0.1, -0.05) is 36.5 Å². The second kappa shape index (κ2) is 8.38. The number of amides is 1. The Balaban J connectivity index is 1.95. The molecule has 0 radical (unpaired) electrons. The number of allylic oxidation sites excluding steroid dienone is 1. The average molecular weight is 437 g/mol. The molecular formula is C20H18F2N2O3S2. The summed E-state index contributed by atoms with van der Waals surface area (Å²) in [6.45, 7) is 5.39. The molecule has 0 aliphatic carbocycles. The Morgan fingerprint density at radius 2 is 1.93 bits per heavy atom. The van der Waals surface area contributed by atoms with Gasteiger partial charge in [-0.05, 0) is 23.8 Å². The molecule has 5 nitrogen and oxygen atoms in total. The first kappa shape index (κ1) is 21.1. The van der Waals surface area contributed by atoms with Crippen molar-refractivity contribution < 1.29 is 22.0 Å². The Hall–Kier alpha value is -2.65. The fraction of sp³-hybridized carbons (Fsp3) is 0.200. The van der Waals surface area contributed by atoms with Crippen LogP contribution in [0.5, 0.6) is 0 Å². The van der Waals surface area contributed by atoms with Gasteiger partial charge in [-0.15, -0.1) is 6.58 Å². The third-order valence-corrected chi connectivity index (χ3v) is 7.02. The summed E-state index contributed by atoms with van der Waals surface area (Å²) in [6.07, 6.45) is 1.48. The normalized spacial score (nSPS) is 12.4. The summed E-state index contributed by atoms with van der Waals surface area (Å²) < 4.78 is 53.3. The Morgan fingerprint density at radius 1 is 1.24 bits per heavy atom. The SMILES string of the molecule is C=CCn1c(=NC(=O)Cc2ccc(S(=O)(=O)CC)cc2)sc2cc(F)cc(F)c21. The second-order valence-electron chi connectivity index (χ2n) is 6.25. The highest BCUT2D eigenvalue weighted by Crippen LogP contribution is 2.22. The highest BCUT2D eigenvalue weighted by Gasteiger charge is 2.14. The molecular weight excluding hydrogens is 418 g/mol. The van der Waals surface area contributed by atoms with Gasteiger partial charge in [0.15, 0.2) is 20.5 Å². The van der Waals surface area contributed by atoms with Crippen LogP contribution in [-0.4, -0.2) is 24.6 Å². The molecule has 0 aliphatic heterocycles. The molecule has 0 aliphatic rings. The molecule has 3 aromatic rings. The van der Waals surface area contributed by atoms with E-state index in [1.165, 1.54) is 28.8 Å². The molecule has 3 rings (SSSR count). The van der Waals surface area contributed by atoms with Crippen molar-refractivity contribution in [3.63, 3.8) is 0 Å². The molecule has 0 bridgehead atoms. The first-order valence-corrected chi connectivity index (χ1v) is 11.2. The zero-order valence-corrected chi connectivity index (χ0v) is 17.2. The number of carbonyl (C=O) groups is 1. The van der Waals surface area contributed by atoms with Crippen LogP contribution in [0, 0.1) is 11.6 Å². The summed E-state index contributed by atoms with van der Waals surface area (Å²) in [5, 5.41) is 0. The lowest BCUT2D eigenvalue weighted by molar-refractivity contribution is -0.117. The van der Waals surface area contributed by atoms with Gasteiger partial charge >= 0.3 is 0 Å². The zero-order chi connectivity index (χ0) is 21.2. The Kier molecular flexibility index (Phi) is 6.09. The van der Waals surface area contributed by atoms with Crippen molar-refractivity contribution in [1.29, 1.82) is 0 Å². The van der Waals surface area contributed by atoms with Crippen LogP contribution in [-0.2, 0) is 27.6 Å². The van der Waals surface area contributed by atoms with E-state index in [2.05, 4.69) is 11.6 Å². The molecule has 2 aromatic carbocycles. The number of carbonyl (C=O) groups excluding carboxylic acids is 1. The van der Waals surface area contributed by atoms with Gasteiger partial charge in [-0.3, -0.25) is 4.79 Å². The Morgan fingerprint density at radius 3 is 2.55 bits per heavy atom. The predicted octanol–water partition coefficient (Wildman–Crippen LogP) is 3.63. The molecule has 9 heteroatoms. The van der Waals surface area contributed by atoms with Crippen LogP contribution < -0.4 is 4.80 Å². The Bertz CT molecular complexity index is 1260. The molecule has 0 atom stereocenters. The summed E-state index contributed by atoms with van der Waals surface area (Å²) >= 11 is 1.01. The maximum absolute atomic E-state index is 14.2. The maximum atomic E-state index is 14.2. The quantitative estimate of drug-likeness (QED) is 0.554. The predicted molar refractivity (Wildman–Crippen MR) is 108 cm³/mol. The minimum absolute atomic E-state index is 0.00694. The van der Waals surface area contributed by atoms with Crippen LogP contribution in [0.3, 0.4) is 0 Å². The molecule has 0 N–H and O–H groups in total. The van der Waals surface area contributed by atoms with E-state index in [4.69, 9.17) is 0 Å². The highest BCUT2D eigenvalue weighted by atomic mass is 32.2.